The second-order valence-corrected chi connectivity index (χ2v) is 5.27. The van der Waals surface area contributed by atoms with Gasteiger partial charge in [-0.1, -0.05) is 24.3 Å². The van der Waals surface area contributed by atoms with E-state index < -0.39 is 0 Å². The molecular formula is C12H12BrNS. The number of nitrogens with two attached hydrogens (primary N) is 1. The molecular weight excluding hydrogens is 270 g/mol. The van der Waals surface area contributed by atoms with E-state index in [1.807, 2.05) is 18.2 Å². The second-order valence-electron chi connectivity index (χ2n) is 3.47. The lowest BCUT2D eigenvalue weighted by Gasteiger charge is -2.13. The summed E-state index contributed by atoms with van der Waals surface area (Å²) in [5, 5.41) is 2.05. The van der Waals surface area contributed by atoms with Gasteiger partial charge in [0.25, 0.3) is 0 Å². The Morgan fingerprint density at radius 3 is 2.60 bits per heavy atom. The average molecular weight is 282 g/mol. The van der Waals surface area contributed by atoms with Crippen molar-refractivity contribution in [2.24, 2.45) is 5.73 Å². The summed E-state index contributed by atoms with van der Waals surface area (Å²) in [4.78, 5) is 1.18. The molecule has 0 saturated carbocycles. The van der Waals surface area contributed by atoms with Gasteiger partial charge >= 0.3 is 0 Å². The quantitative estimate of drug-likeness (QED) is 0.889. The zero-order chi connectivity index (χ0) is 10.8. The fourth-order valence-electron chi connectivity index (χ4n) is 1.60. The Kier molecular flexibility index (Phi) is 3.24. The fraction of sp³-hybridized carbons (Fsp3) is 0.167. The van der Waals surface area contributed by atoms with E-state index in [1.54, 1.807) is 11.3 Å². The highest BCUT2D eigenvalue weighted by Gasteiger charge is 2.14. The summed E-state index contributed by atoms with van der Waals surface area (Å²) in [5.74, 6) is 0. The van der Waals surface area contributed by atoms with Gasteiger partial charge in [-0.05, 0) is 45.4 Å². The molecule has 1 nitrogen and oxygen atoms in total. The number of aryl methyl sites for hydroxylation is 1. The van der Waals surface area contributed by atoms with Crippen molar-refractivity contribution in [3.63, 3.8) is 0 Å². The molecule has 1 aromatic heterocycles. The highest BCUT2D eigenvalue weighted by molar-refractivity contribution is 9.10. The van der Waals surface area contributed by atoms with Crippen molar-refractivity contribution in [1.82, 2.24) is 0 Å². The number of rotatable bonds is 2. The molecule has 0 bridgehead atoms. The standard InChI is InChI=1S/C12H12BrNS/c1-8-4-2-3-5-9(8)11(14)12-10(13)6-7-15-12/h2-7,11H,14H2,1H3. The van der Waals surface area contributed by atoms with Crippen LogP contribution in [0.3, 0.4) is 0 Å². The molecule has 78 valence electrons. The first-order valence-corrected chi connectivity index (χ1v) is 6.41. The molecule has 0 aliphatic carbocycles. The minimum absolute atomic E-state index is 0.0272. The highest BCUT2D eigenvalue weighted by atomic mass is 79.9. The number of benzene rings is 1. The van der Waals surface area contributed by atoms with Gasteiger partial charge in [-0.2, -0.15) is 0 Å². The van der Waals surface area contributed by atoms with Crippen LogP contribution in [0.25, 0.3) is 0 Å². The zero-order valence-corrected chi connectivity index (χ0v) is 10.8. The molecule has 2 N–H and O–H groups in total. The van der Waals surface area contributed by atoms with Gasteiger partial charge in [0.2, 0.25) is 0 Å². The molecule has 0 fully saturated rings. The Morgan fingerprint density at radius 2 is 2.00 bits per heavy atom. The maximum atomic E-state index is 6.24. The van der Waals surface area contributed by atoms with Gasteiger partial charge in [-0.25, -0.2) is 0 Å². The third kappa shape index (κ3) is 2.14. The summed E-state index contributed by atoms with van der Waals surface area (Å²) in [7, 11) is 0. The molecule has 1 atom stereocenters. The lowest BCUT2D eigenvalue weighted by molar-refractivity contribution is 0.878. The van der Waals surface area contributed by atoms with E-state index in [1.165, 1.54) is 16.0 Å². The zero-order valence-electron chi connectivity index (χ0n) is 8.41. The number of hydrogen-bond acceptors (Lipinski definition) is 2. The molecule has 2 rings (SSSR count). The van der Waals surface area contributed by atoms with Gasteiger partial charge in [0.05, 0.1) is 6.04 Å². The predicted octanol–water partition coefficient (Wildman–Crippen LogP) is 3.87. The summed E-state index contributed by atoms with van der Waals surface area (Å²) in [6, 6.07) is 10.3. The molecule has 0 saturated heterocycles. The summed E-state index contributed by atoms with van der Waals surface area (Å²) in [6.07, 6.45) is 0. The molecule has 1 heterocycles. The van der Waals surface area contributed by atoms with E-state index in [0.717, 1.165) is 4.47 Å². The van der Waals surface area contributed by atoms with Gasteiger partial charge in [0.1, 0.15) is 0 Å². The molecule has 0 aliphatic heterocycles. The molecule has 2 aromatic rings. The lowest BCUT2D eigenvalue weighted by atomic mass is 10.0. The van der Waals surface area contributed by atoms with E-state index in [0.29, 0.717) is 0 Å². The van der Waals surface area contributed by atoms with Gasteiger partial charge in [0.15, 0.2) is 0 Å². The molecule has 1 unspecified atom stereocenters. The fourth-order valence-corrected chi connectivity index (χ4v) is 3.24. The van der Waals surface area contributed by atoms with Crippen LogP contribution in [0.1, 0.15) is 22.0 Å². The van der Waals surface area contributed by atoms with Gasteiger partial charge < -0.3 is 5.73 Å². The van der Waals surface area contributed by atoms with E-state index in [2.05, 4.69) is 40.4 Å². The molecule has 0 radical (unpaired) electrons. The molecule has 15 heavy (non-hydrogen) atoms. The molecule has 1 aromatic carbocycles. The van der Waals surface area contributed by atoms with Gasteiger partial charge in [0, 0.05) is 9.35 Å². The highest BCUT2D eigenvalue weighted by Crippen LogP contribution is 2.32. The van der Waals surface area contributed by atoms with Crippen molar-refractivity contribution in [3.05, 3.63) is 56.2 Å². The lowest BCUT2D eigenvalue weighted by Crippen LogP contribution is -2.12. The topological polar surface area (TPSA) is 26.0 Å². The number of thiophene rings is 1. The first-order chi connectivity index (χ1) is 7.20. The Hall–Kier alpha value is -0.640. The molecule has 0 spiro atoms. The normalized spacial score (nSPS) is 12.7. The number of hydrogen-bond donors (Lipinski definition) is 1. The third-order valence-electron chi connectivity index (χ3n) is 2.45. The van der Waals surface area contributed by atoms with Crippen LogP contribution in [0.2, 0.25) is 0 Å². The monoisotopic (exact) mass is 281 g/mol. The molecule has 0 amide bonds. The van der Waals surface area contributed by atoms with E-state index in [9.17, 15) is 0 Å². The van der Waals surface area contributed by atoms with Crippen LogP contribution in [0.15, 0.2) is 40.2 Å². The van der Waals surface area contributed by atoms with Crippen LogP contribution in [-0.2, 0) is 0 Å². The van der Waals surface area contributed by atoms with Crippen LogP contribution < -0.4 is 5.73 Å². The Balaban J connectivity index is 2.41. The number of halogens is 1. The first-order valence-electron chi connectivity index (χ1n) is 4.74. The molecule has 0 aliphatic rings. The largest absolute Gasteiger partial charge is 0.320 e. The van der Waals surface area contributed by atoms with Crippen molar-refractivity contribution < 1.29 is 0 Å². The summed E-state index contributed by atoms with van der Waals surface area (Å²) in [5.41, 5.74) is 8.68. The van der Waals surface area contributed by atoms with Crippen LogP contribution in [-0.4, -0.2) is 0 Å². The third-order valence-corrected chi connectivity index (χ3v) is 4.40. The van der Waals surface area contributed by atoms with E-state index in [-0.39, 0.29) is 6.04 Å². The Labute approximate surface area is 102 Å². The van der Waals surface area contributed by atoms with Crippen molar-refractivity contribution in [1.29, 1.82) is 0 Å². The summed E-state index contributed by atoms with van der Waals surface area (Å²) in [6.45, 7) is 2.09. The summed E-state index contributed by atoms with van der Waals surface area (Å²) < 4.78 is 1.10. The van der Waals surface area contributed by atoms with Crippen LogP contribution in [0.4, 0.5) is 0 Å². The van der Waals surface area contributed by atoms with E-state index >= 15 is 0 Å². The van der Waals surface area contributed by atoms with Gasteiger partial charge in [-0.3, -0.25) is 0 Å². The predicted molar refractivity (Wildman–Crippen MR) is 69.2 cm³/mol. The smallest absolute Gasteiger partial charge is 0.0660 e. The Bertz CT molecular complexity index is 464. The Morgan fingerprint density at radius 1 is 1.27 bits per heavy atom. The van der Waals surface area contributed by atoms with Crippen molar-refractivity contribution >= 4 is 27.3 Å². The van der Waals surface area contributed by atoms with Crippen molar-refractivity contribution in [2.75, 3.05) is 0 Å². The van der Waals surface area contributed by atoms with Crippen molar-refractivity contribution in [2.45, 2.75) is 13.0 Å². The van der Waals surface area contributed by atoms with Gasteiger partial charge in [-0.15, -0.1) is 11.3 Å². The van der Waals surface area contributed by atoms with Crippen LogP contribution in [0, 0.1) is 6.92 Å². The maximum absolute atomic E-state index is 6.24. The first kappa shape index (κ1) is 10.9. The van der Waals surface area contributed by atoms with Crippen LogP contribution >= 0.6 is 27.3 Å². The SMILES string of the molecule is Cc1ccccc1C(N)c1sccc1Br. The van der Waals surface area contributed by atoms with Crippen LogP contribution in [0.5, 0.6) is 0 Å². The minimum atomic E-state index is -0.0272. The maximum Gasteiger partial charge on any atom is 0.0660 e. The van der Waals surface area contributed by atoms with Crippen molar-refractivity contribution in [3.8, 4) is 0 Å². The minimum Gasteiger partial charge on any atom is -0.320 e. The molecule has 3 heteroatoms. The second kappa shape index (κ2) is 4.47. The summed E-state index contributed by atoms with van der Waals surface area (Å²) >= 11 is 5.21. The average Bonchev–Trinajstić information content (AvgIpc) is 2.64. The van der Waals surface area contributed by atoms with E-state index in [4.69, 9.17) is 5.73 Å².